The normalized spacial score (nSPS) is 19.6. The number of nitrogens with zero attached hydrogens (tertiary/aromatic N) is 6. The molecule has 2 saturated heterocycles. The van der Waals surface area contributed by atoms with Gasteiger partial charge in [-0.3, -0.25) is 4.98 Å². The molecule has 0 aliphatic carbocycles. The number of aromatic nitrogens is 5. The van der Waals surface area contributed by atoms with Crippen molar-refractivity contribution in [3.8, 4) is 0 Å². The van der Waals surface area contributed by atoms with Crippen LogP contribution in [-0.4, -0.2) is 73.4 Å². The number of hydrogen-bond acceptors (Lipinski definition) is 8. The third-order valence-electron chi connectivity index (χ3n) is 5.35. The van der Waals surface area contributed by atoms with Gasteiger partial charge in [0.25, 0.3) is 0 Å². The second kappa shape index (κ2) is 9.27. The second-order valence-corrected chi connectivity index (χ2v) is 7.80. The van der Waals surface area contributed by atoms with Crippen molar-refractivity contribution in [3.63, 3.8) is 0 Å². The van der Waals surface area contributed by atoms with Crippen LogP contribution in [0.3, 0.4) is 0 Å². The van der Waals surface area contributed by atoms with Crippen molar-refractivity contribution in [2.24, 2.45) is 0 Å². The molecule has 3 aromatic heterocycles. The van der Waals surface area contributed by atoms with Gasteiger partial charge in [0.1, 0.15) is 17.7 Å². The van der Waals surface area contributed by atoms with Crippen molar-refractivity contribution in [2.45, 2.75) is 37.3 Å². The summed E-state index contributed by atoms with van der Waals surface area (Å²) in [6.45, 7) is 3.04. The Bertz CT molecular complexity index is 1090. The Morgan fingerprint density at radius 1 is 1.24 bits per heavy atom. The van der Waals surface area contributed by atoms with Crippen LogP contribution >= 0.6 is 0 Å². The van der Waals surface area contributed by atoms with E-state index in [4.69, 9.17) is 19.4 Å². The highest BCUT2D eigenvalue weighted by atomic mass is 19.4. The first-order valence-electron chi connectivity index (χ1n) is 10.1. The second-order valence-electron chi connectivity index (χ2n) is 7.80. The van der Waals surface area contributed by atoms with Gasteiger partial charge in [-0.25, -0.2) is 4.79 Å². The zero-order valence-electron chi connectivity index (χ0n) is 17.4. The largest absolute Gasteiger partial charge is 0.490 e. The highest BCUT2D eigenvalue weighted by Gasteiger charge is 2.48. The zero-order chi connectivity index (χ0) is 23.5. The first kappa shape index (κ1) is 22.9. The smallest absolute Gasteiger partial charge is 0.475 e. The van der Waals surface area contributed by atoms with E-state index in [1.807, 2.05) is 24.3 Å². The van der Waals surface area contributed by atoms with Crippen molar-refractivity contribution < 1.29 is 32.5 Å². The molecular weight excluding hydrogens is 445 g/mol. The molecule has 1 N–H and O–H groups in total. The van der Waals surface area contributed by atoms with E-state index in [9.17, 15) is 13.2 Å². The number of hydrogen-bond donors (Lipinski definition) is 1. The minimum atomic E-state index is -5.08. The number of pyridine rings is 1. The highest BCUT2D eigenvalue weighted by Crippen LogP contribution is 2.37. The minimum Gasteiger partial charge on any atom is -0.475 e. The standard InChI is InChI=1S/C18H20N6O2.C2HF3O2/c1-2-17(22-24-13-20-21-16(1)24)23-11-18(12-23)9-15(5-8-26-18)25-10-14-3-6-19-7-4-14;3-2(4,5)1(6)7/h1-4,6-7,13,15H,5,8-12H2;(H,6,7). The molecule has 1 atom stereocenters. The molecule has 2 aliphatic heterocycles. The fourth-order valence-electron chi connectivity index (χ4n) is 3.74. The van der Waals surface area contributed by atoms with Crippen LogP contribution in [0.25, 0.3) is 5.65 Å². The molecular formula is C20H21F3N6O4. The van der Waals surface area contributed by atoms with E-state index >= 15 is 0 Å². The number of fused-ring (bicyclic) bond motifs is 1. The molecule has 0 aromatic carbocycles. The van der Waals surface area contributed by atoms with Crippen molar-refractivity contribution in [2.75, 3.05) is 24.6 Å². The lowest BCUT2D eigenvalue weighted by Gasteiger charge is -2.53. The van der Waals surface area contributed by atoms with E-state index in [1.165, 1.54) is 0 Å². The van der Waals surface area contributed by atoms with Crippen molar-refractivity contribution in [1.82, 2.24) is 24.8 Å². The molecule has 13 heteroatoms. The maximum atomic E-state index is 10.6. The van der Waals surface area contributed by atoms with E-state index in [1.54, 1.807) is 23.2 Å². The summed E-state index contributed by atoms with van der Waals surface area (Å²) < 4.78 is 45.7. The lowest BCUT2D eigenvalue weighted by atomic mass is 9.84. The zero-order valence-corrected chi connectivity index (χ0v) is 17.4. The van der Waals surface area contributed by atoms with E-state index < -0.39 is 12.1 Å². The molecule has 0 saturated carbocycles. The Kier molecular flexibility index (Phi) is 6.42. The van der Waals surface area contributed by atoms with Gasteiger partial charge in [0.15, 0.2) is 5.65 Å². The van der Waals surface area contributed by atoms with Gasteiger partial charge in [0, 0.05) is 25.4 Å². The van der Waals surface area contributed by atoms with Crippen molar-refractivity contribution in [3.05, 3.63) is 48.5 Å². The van der Waals surface area contributed by atoms with Gasteiger partial charge >= 0.3 is 12.1 Å². The molecule has 2 fully saturated rings. The van der Waals surface area contributed by atoms with Crippen LogP contribution < -0.4 is 4.90 Å². The van der Waals surface area contributed by atoms with Crippen LogP contribution in [0.4, 0.5) is 19.0 Å². The third kappa shape index (κ3) is 5.54. The van der Waals surface area contributed by atoms with Crippen LogP contribution in [0.2, 0.25) is 0 Å². The number of anilines is 1. The lowest BCUT2D eigenvalue weighted by Crippen LogP contribution is -2.66. The summed E-state index contributed by atoms with van der Waals surface area (Å²) in [4.78, 5) is 15.2. The molecule has 5 heterocycles. The average Bonchev–Trinajstić information content (AvgIpc) is 3.24. The van der Waals surface area contributed by atoms with Crippen LogP contribution in [0, 0.1) is 0 Å². The fraction of sp³-hybridized carbons (Fsp3) is 0.450. The molecule has 10 nitrogen and oxygen atoms in total. The number of rotatable bonds is 4. The van der Waals surface area contributed by atoms with Crippen molar-refractivity contribution >= 4 is 17.4 Å². The maximum Gasteiger partial charge on any atom is 0.490 e. The van der Waals surface area contributed by atoms with Gasteiger partial charge < -0.3 is 19.5 Å². The Hall–Kier alpha value is -3.32. The summed E-state index contributed by atoms with van der Waals surface area (Å²) in [5, 5.41) is 19.5. The molecule has 176 valence electrons. The van der Waals surface area contributed by atoms with Crippen LogP contribution in [0.1, 0.15) is 18.4 Å². The van der Waals surface area contributed by atoms with E-state index in [2.05, 4.69) is 25.2 Å². The molecule has 5 rings (SSSR count). The van der Waals surface area contributed by atoms with Crippen LogP contribution in [0.15, 0.2) is 43.0 Å². The molecule has 1 spiro atoms. The summed E-state index contributed by atoms with van der Waals surface area (Å²) in [6.07, 6.45) is 2.23. The fourth-order valence-corrected chi connectivity index (χ4v) is 3.74. The van der Waals surface area contributed by atoms with Gasteiger partial charge in [-0.1, -0.05) is 0 Å². The Morgan fingerprint density at radius 2 is 1.97 bits per heavy atom. The summed E-state index contributed by atoms with van der Waals surface area (Å²) >= 11 is 0. The molecule has 0 amide bonds. The minimum absolute atomic E-state index is 0.120. The summed E-state index contributed by atoms with van der Waals surface area (Å²) in [7, 11) is 0. The van der Waals surface area contributed by atoms with Crippen molar-refractivity contribution in [1.29, 1.82) is 0 Å². The lowest BCUT2D eigenvalue weighted by molar-refractivity contribution is -0.192. The number of carboxylic acids is 1. The third-order valence-corrected chi connectivity index (χ3v) is 5.35. The first-order valence-corrected chi connectivity index (χ1v) is 10.1. The van der Waals surface area contributed by atoms with Gasteiger partial charge in [0.2, 0.25) is 0 Å². The predicted molar refractivity (Wildman–Crippen MR) is 107 cm³/mol. The quantitative estimate of drug-likeness (QED) is 0.617. The summed E-state index contributed by atoms with van der Waals surface area (Å²) in [5.74, 6) is -1.83. The van der Waals surface area contributed by atoms with Gasteiger partial charge in [-0.15, -0.1) is 15.3 Å². The molecule has 0 radical (unpaired) electrons. The average molecular weight is 466 g/mol. The summed E-state index contributed by atoms with van der Waals surface area (Å²) in [5.41, 5.74) is 1.79. The van der Waals surface area contributed by atoms with Crippen LogP contribution in [-0.2, 0) is 20.9 Å². The molecule has 2 aliphatic rings. The molecule has 1 unspecified atom stereocenters. The Morgan fingerprint density at radius 3 is 2.67 bits per heavy atom. The van der Waals surface area contributed by atoms with Gasteiger partial charge in [-0.05, 0) is 36.2 Å². The van der Waals surface area contributed by atoms with E-state index in [0.29, 0.717) is 6.61 Å². The van der Waals surface area contributed by atoms with Gasteiger partial charge in [-0.2, -0.15) is 17.7 Å². The highest BCUT2D eigenvalue weighted by molar-refractivity contribution is 5.73. The number of aliphatic carboxylic acids is 1. The number of alkyl halides is 3. The number of carboxylic acid groups (broad SMARTS) is 1. The monoisotopic (exact) mass is 466 g/mol. The van der Waals surface area contributed by atoms with E-state index in [-0.39, 0.29) is 11.7 Å². The maximum absolute atomic E-state index is 10.6. The molecule has 0 bridgehead atoms. The predicted octanol–water partition coefficient (Wildman–Crippen LogP) is 2.11. The van der Waals surface area contributed by atoms with E-state index in [0.717, 1.165) is 49.6 Å². The molecule has 3 aromatic rings. The Labute approximate surface area is 186 Å². The number of carbonyl (C=O) groups is 1. The first-order chi connectivity index (χ1) is 15.7. The Balaban J connectivity index is 0.000000325. The SMILES string of the molecule is O=C(O)C(F)(F)F.c1cc(COC2CCOC3(C2)CN(c2ccc4nncn4n2)C3)ccn1. The topological polar surface area (TPSA) is 115 Å². The number of ether oxygens (including phenoxy) is 2. The summed E-state index contributed by atoms with van der Waals surface area (Å²) in [6, 6.07) is 7.90. The number of halogens is 3. The van der Waals surface area contributed by atoms with Crippen LogP contribution in [0.5, 0.6) is 0 Å². The van der Waals surface area contributed by atoms with Gasteiger partial charge in [0.05, 0.1) is 25.8 Å². The molecule has 33 heavy (non-hydrogen) atoms.